The van der Waals surface area contributed by atoms with E-state index in [1.165, 1.54) is 19.5 Å². The molecule has 130 valence electrons. The molecule has 0 amide bonds. The number of nitrogens with one attached hydrogen (secondary N) is 1. The average Bonchev–Trinajstić information content (AvgIpc) is 3.22. The molecule has 25 heavy (non-hydrogen) atoms. The summed E-state index contributed by atoms with van der Waals surface area (Å²) in [7, 11) is 0. The predicted octanol–water partition coefficient (Wildman–Crippen LogP) is 4.09. The first-order chi connectivity index (χ1) is 12.2. The van der Waals surface area contributed by atoms with Gasteiger partial charge in [-0.3, -0.25) is 4.79 Å². The van der Waals surface area contributed by atoms with Crippen LogP contribution in [0.3, 0.4) is 0 Å². The number of benzene rings is 1. The molecule has 1 saturated heterocycles. The van der Waals surface area contributed by atoms with Gasteiger partial charge < -0.3 is 9.88 Å². The summed E-state index contributed by atoms with van der Waals surface area (Å²) in [6.07, 6.45) is 1.29. The first-order valence-electron chi connectivity index (χ1n) is 8.63. The molecule has 0 spiro atoms. The molecule has 1 unspecified atom stereocenters. The van der Waals surface area contributed by atoms with Crippen LogP contribution in [0.25, 0.3) is 21.3 Å². The maximum atomic E-state index is 12.6. The van der Waals surface area contributed by atoms with E-state index in [0.717, 1.165) is 39.3 Å². The molecule has 0 saturated carbocycles. The van der Waals surface area contributed by atoms with Gasteiger partial charge in [0.1, 0.15) is 4.83 Å². The third-order valence-corrected chi connectivity index (χ3v) is 6.39. The molecular formula is C19H21N3OS2. The number of thioether (sulfide) groups is 1. The number of hydrogen-bond donors (Lipinski definition) is 1. The lowest BCUT2D eigenvalue weighted by atomic mass is 10.1. The van der Waals surface area contributed by atoms with Gasteiger partial charge in [0.2, 0.25) is 0 Å². The standard InChI is InChI=1S/C19H21N3OS2/c1-13-7-8-22(11-13)9-10-24-19-20-17(23)16-15(12-25-18(16)21-19)14-5-3-2-4-6-14/h2-6,12-13H,7-11H2,1H3,(H,20,21,23). The van der Waals surface area contributed by atoms with Crippen molar-refractivity contribution in [3.05, 3.63) is 46.1 Å². The molecule has 0 aliphatic carbocycles. The van der Waals surface area contributed by atoms with Crippen molar-refractivity contribution in [2.75, 3.05) is 25.4 Å². The van der Waals surface area contributed by atoms with Crippen molar-refractivity contribution in [2.24, 2.45) is 5.92 Å². The van der Waals surface area contributed by atoms with E-state index in [4.69, 9.17) is 0 Å². The van der Waals surface area contributed by atoms with Gasteiger partial charge in [-0.1, -0.05) is 49.0 Å². The Balaban J connectivity index is 1.52. The van der Waals surface area contributed by atoms with Crippen LogP contribution < -0.4 is 5.56 Å². The van der Waals surface area contributed by atoms with Gasteiger partial charge in [-0.2, -0.15) is 0 Å². The van der Waals surface area contributed by atoms with Crippen LogP contribution in [-0.2, 0) is 0 Å². The lowest BCUT2D eigenvalue weighted by Gasteiger charge is -2.14. The van der Waals surface area contributed by atoms with E-state index < -0.39 is 0 Å². The zero-order valence-corrected chi connectivity index (χ0v) is 15.8. The number of rotatable bonds is 5. The highest BCUT2D eigenvalue weighted by Crippen LogP contribution is 2.31. The SMILES string of the molecule is CC1CCN(CCSc2nc3scc(-c4ccccc4)c3c(=O)[nH]2)C1. The second-order valence-corrected chi connectivity index (χ2v) is 8.55. The number of aromatic amines is 1. The molecule has 1 aliphatic rings. The van der Waals surface area contributed by atoms with Gasteiger partial charge in [-0.05, 0) is 24.4 Å². The molecule has 1 N–H and O–H groups in total. The first-order valence-corrected chi connectivity index (χ1v) is 10.5. The van der Waals surface area contributed by atoms with Gasteiger partial charge in [0.05, 0.1) is 5.39 Å². The number of likely N-dealkylation sites (tertiary alicyclic amines) is 1. The topological polar surface area (TPSA) is 49.0 Å². The Labute approximate surface area is 155 Å². The van der Waals surface area contributed by atoms with E-state index in [1.54, 1.807) is 23.1 Å². The summed E-state index contributed by atoms with van der Waals surface area (Å²) in [6.45, 7) is 5.74. The highest BCUT2D eigenvalue weighted by molar-refractivity contribution is 7.99. The van der Waals surface area contributed by atoms with Crippen LogP contribution in [0, 0.1) is 5.92 Å². The van der Waals surface area contributed by atoms with Gasteiger partial charge in [-0.25, -0.2) is 4.98 Å². The molecule has 2 aromatic heterocycles. The van der Waals surface area contributed by atoms with Crippen molar-refractivity contribution in [1.82, 2.24) is 14.9 Å². The zero-order chi connectivity index (χ0) is 17.2. The zero-order valence-electron chi connectivity index (χ0n) is 14.2. The maximum absolute atomic E-state index is 12.6. The third-order valence-electron chi connectivity index (χ3n) is 4.66. The van der Waals surface area contributed by atoms with E-state index in [-0.39, 0.29) is 5.56 Å². The molecule has 1 aromatic carbocycles. The normalized spacial score (nSPS) is 18.2. The fraction of sp³-hybridized carbons (Fsp3) is 0.368. The molecule has 1 atom stereocenters. The fourth-order valence-electron chi connectivity index (χ4n) is 3.33. The Hall–Kier alpha value is -1.63. The first kappa shape index (κ1) is 16.8. The number of fused-ring (bicyclic) bond motifs is 1. The molecule has 4 nitrogen and oxygen atoms in total. The Kier molecular flexibility index (Phi) is 4.92. The monoisotopic (exact) mass is 371 g/mol. The Morgan fingerprint density at radius 3 is 2.96 bits per heavy atom. The summed E-state index contributed by atoms with van der Waals surface area (Å²) in [6, 6.07) is 10.0. The molecule has 3 heterocycles. The van der Waals surface area contributed by atoms with Gasteiger partial charge in [0, 0.05) is 29.8 Å². The average molecular weight is 372 g/mol. The second-order valence-electron chi connectivity index (χ2n) is 6.61. The summed E-state index contributed by atoms with van der Waals surface area (Å²) < 4.78 is 0. The number of aromatic nitrogens is 2. The van der Waals surface area contributed by atoms with Gasteiger partial charge >= 0.3 is 0 Å². The van der Waals surface area contributed by atoms with E-state index in [0.29, 0.717) is 5.39 Å². The van der Waals surface area contributed by atoms with Crippen molar-refractivity contribution >= 4 is 33.3 Å². The van der Waals surface area contributed by atoms with Crippen molar-refractivity contribution in [3.63, 3.8) is 0 Å². The Morgan fingerprint density at radius 1 is 1.36 bits per heavy atom. The van der Waals surface area contributed by atoms with Crippen molar-refractivity contribution in [2.45, 2.75) is 18.5 Å². The van der Waals surface area contributed by atoms with Crippen LogP contribution in [0.1, 0.15) is 13.3 Å². The van der Waals surface area contributed by atoms with Crippen LogP contribution in [0.15, 0.2) is 45.7 Å². The van der Waals surface area contributed by atoms with Crippen LogP contribution in [0.5, 0.6) is 0 Å². The van der Waals surface area contributed by atoms with E-state index in [2.05, 4.69) is 21.8 Å². The maximum Gasteiger partial charge on any atom is 0.260 e. The summed E-state index contributed by atoms with van der Waals surface area (Å²) in [5.74, 6) is 1.76. The molecular weight excluding hydrogens is 350 g/mol. The quantitative estimate of drug-likeness (QED) is 0.542. The Bertz CT molecular complexity index is 919. The molecule has 0 bridgehead atoms. The number of H-pyrrole nitrogens is 1. The molecule has 6 heteroatoms. The van der Waals surface area contributed by atoms with E-state index >= 15 is 0 Å². The van der Waals surface area contributed by atoms with Crippen molar-refractivity contribution in [3.8, 4) is 11.1 Å². The van der Waals surface area contributed by atoms with Crippen molar-refractivity contribution in [1.29, 1.82) is 0 Å². The minimum atomic E-state index is -0.0394. The fourth-order valence-corrected chi connectivity index (χ4v) is 5.20. The van der Waals surface area contributed by atoms with E-state index in [9.17, 15) is 4.79 Å². The number of nitrogens with zero attached hydrogens (tertiary/aromatic N) is 2. The minimum absolute atomic E-state index is 0.0394. The molecule has 4 rings (SSSR count). The number of hydrogen-bond acceptors (Lipinski definition) is 5. The highest BCUT2D eigenvalue weighted by Gasteiger charge is 2.18. The third kappa shape index (κ3) is 3.66. The van der Waals surface area contributed by atoms with E-state index in [1.807, 2.05) is 35.7 Å². The molecule has 3 aromatic rings. The summed E-state index contributed by atoms with van der Waals surface area (Å²) in [4.78, 5) is 23.6. The molecule has 1 aliphatic heterocycles. The predicted molar refractivity (Wildman–Crippen MR) is 107 cm³/mol. The van der Waals surface area contributed by atoms with Gasteiger partial charge in [0.15, 0.2) is 5.16 Å². The van der Waals surface area contributed by atoms with Gasteiger partial charge in [-0.15, -0.1) is 11.3 Å². The minimum Gasteiger partial charge on any atom is -0.302 e. The van der Waals surface area contributed by atoms with Crippen LogP contribution in [0.2, 0.25) is 0 Å². The molecule has 0 radical (unpaired) electrons. The summed E-state index contributed by atoms with van der Waals surface area (Å²) in [5.41, 5.74) is 1.99. The largest absolute Gasteiger partial charge is 0.302 e. The second kappa shape index (κ2) is 7.32. The lowest BCUT2D eigenvalue weighted by Crippen LogP contribution is -2.23. The molecule has 1 fully saturated rings. The Morgan fingerprint density at radius 2 is 2.20 bits per heavy atom. The van der Waals surface area contributed by atoms with Crippen molar-refractivity contribution < 1.29 is 0 Å². The number of thiophene rings is 1. The van der Waals surface area contributed by atoms with Crippen LogP contribution in [-0.4, -0.2) is 40.3 Å². The highest BCUT2D eigenvalue weighted by atomic mass is 32.2. The smallest absolute Gasteiger partial charge is 0.260 e. The summed E-state index contributed by atoms with van der Waals surface area (Å²) >= 11 is 3.18. The van der Waals surface area contributed by atoms with Gasteiger partial charge in [0.25, 0.3) is 5.56 Å². The van der Waals surface area contributed by atoms with Crippen LogP contribution in [0.4, 0.5) is 0 Å². The summed E-state index contributed by atoms with van der Waals surface area (Å²) in [5, 5.41) is 3.46. The van der Waals surface area contributed by atoms with Crippen LogP contribution >= 0.6 is 23.1 Å². The lowest BCUT2D eigenvalue weighted by molar-refractivity contribution is 0.349.